The Hall–Kier alpha value is -0.320. The summed E-state index contributed by atoms with van der Waals surface area (Å²) >= 11 is 0. The number of morpholine rings is 1. The molecule has 0 aromatic rings. The lowest BCUT2D eigenvalue weighted by molar-refractivity contribution is -0.129. The third-order valence-corrected chi connectivity index (χ3v) is 2.90. The van der Waals surface area contributed by atoms with E-state index in [2.05, 4.69) is 5.32 Å². The summed E-state index contributed by atoms with van der Waals surface area (Å²) in [6.07, 6.45) is 0.972. The highest BCUT2D eigenvalue weighted by atomic mass is 35.5. The van der Waals surface area contributed by atoms with Crippen molar-refractivity contribution in [3.8, 4) is 0 Å². The molecule has 4 nitrogen and oxygen atoms in total. The summed E-state index contributed by atoms with van der Waals surface area (Å²) < 4.78 is 5.75. The zero-order chi connectivity index (χ0) is 9.31. The van der Waals surface area contributed by atoms with Crippen LogP contribution in [0, 0.1) is 0 Å². The highest BCUT2D eigenvalue weighted by Crippen LogP contribution is 2.26. The fraction of sp³-hybridized carbons (Fsp3) is 0.889. The largest absolute Gasteiger partial charge is 0.370 e. The molecule has 1 unspecified atom stereocenters. The zero-order valence-corrected chi connectivity index (χ0v) is 9.23. The highest BCUT2D eigenvalue weighted by molar-refractivity contribution is 5.85. The first-order valence-corrected chi connectivity index (χ1v) is 4.82. The molecule has 0 radical (unpaired) electrons. The van der Waals surface area contributed by atoms with Crippen molar-refractivity contribution >= 4 is 18.3 Å². The maximum atomic E-state index is 11.1. The maximum Gasteiger partial charge on any atom is 0.219 e. The Morgan fingerprint density at radius 3 is 2.86 bits per heavy atom. The van der Waals surface area contributed by atoms with E-state index >= 15 is 0 Å². The van der Waals surface area contributed by atoms with E-state index < -0.39 is 0 Å². The number of carbonyl (C=O) groups excluding carboxylic acids is 1. The van der Waals surface area contributed by atoms with Gasteiger partial charge in [0.05, 0.1) is 18.8 Å². The van der Waals surface area contributed by atoms with Gasteiger partial charge in [0, 0.05) is 26.6 Å². The Labute approximate surface area is 90.4 Å². The van der Waals surface area contributed by atoms with Crippen molar-refractivity contribution in [3.05, 3.63) is 0 Å². The fourth-order valence-electron chi connectivity index (χ4n) is 2.08. The number of nitrogens with one attached hydrogen (secondary N) is 1. The summed E-state index contributed by atoms with van der Waals surface area (Å²) in [5, 5.41) is 3.31. The van der Waals surface area contributed by atoms with Gasteiger partial charge in [0.25, 0.3) is 0 Å². The molecule has 0 bridgehead atoms. The van der Waals surface area contributed by atoms with Crippen LogP contribution < -0.4 is 5.32 Å². The molecule has 1 N–H and O–H groups in total. The van der Waals surface area contributed by atoms with Crippen molar-refractivity contribution in [2.24, 2.45) is 0 Å². The molecule has 2 saturated heterocycles. The molecule has 1 atom stereocenters. The molecule has 0 saturated carbocycles. The highest BCUT2D eigenvalue weighted by Gasteiger charge is 2.41. The molecule has 2 heterocycles. The zero-order valence-electron chi connectivity index (χ0n) is 8.41. The van der Waals surface area contributed by atoms with Gasteiger partial charge in [0.1, 0.15) is 0 Å². The molecule has 2 fully saturated rings. The maximum absolute atomic E-state index is 11.1. The SMILES string of the molecule is CC(=O)N1CCC2(CNCCO2)C1.Cl. The molecule has 2 aliphatic rings. The molecule has 0 aromatic heterocycles. The molecule has 2 aliphatic heterocycles. The van der Waals surface area contributed by atoms with Crippen molar-refractivity contribution in [1.29, 1.82) is 0 Å². The van der Waals surface area contributed by atoms with Crippen LogP contribution in [-0.2, 0) is 9.53 Å². The van der Waals surface area contributed by atoms with Crippen LogP contribution in [0.3, 0.4) is 0 Å². The van der Waals surface area contributed by atoms with E-state index in [1.165, 1.54) is 0 Å². The Kier molecular flexibility index (Phi) is 3.75. The van der Waals surface area contributed by atoms with Crippen LogP contribution in [0.4, 0.5) is 0 Å². The minimum absolute atomic E-state index is 0. The van der Waals surface area contributed by atoms with E-state index in [4.69, 9.17) is 4.74 Å². The molecule has 5 heteroatoms. The summed E-state index contributed by atoms with van der Waals surface area (Å²) in [6.45, 7) is 5.81. The van der Waals surface area contributed by atoms with Gasteiger partial charge in [-0.15, -0.1) is 12.4 Å². The second kappa shape index (κ2) is 4.47. The number of hydrogen-bond acceptors (Lipinski definition) is 3. The number of carbonyl (C=O) groups is 1. The van der Waals surface area contributed by atoms with Crippen molar-refractivity contribution < 1.29 is 9.53 Å². The smallest absolute Gasteiger partial charge is 0.219 e. The Morgan fingerprint density at radius 1 is 1.57 bits per heavy atom. The normalized spacial score (nSPS) is 31.6. The number of likely N-dealkylation sites (tertiary alicyclic amines) is 1. The lowest BCUT2D eigenvalue weighted by Gasteiger charge is -2.33. The van der Waals surface area contributed by atoms with E-state index in [1.54, 1.807) is 6.92 Å². The van der Waals surface area contributed by atoms with Crippen LogP contribution >= 0.6 is 12.4 Å². The first-order chi connectivity index (χ1) is 6.22. The molecule has 1 spiro atoms. The van der Waals surface area contributed by atoms with Gasteiger partial charge in [-0.25, -0.2) is 0 Å². The molecule has 1 amide bonds. The number of rotatable bonds is 0. The third kappa shape index (κ3) is 2.19. The average molecular weight is 221 g/mol. The predicted molar refractivity (Wildman–Crippen MR) is 55.7 cm³/mol. The van der Waals surface area contributed by atoms with Gasteiger partial charge in [-0.2, -0.15) is 0 Å². The van der Waals surface area contributed by atoms with Gasteiger partial charge >= 0.3 is 0 Å². The van der Waals surface area contributed by atoms with Crippen LogP contribution in [0.15, 0.2) is 0 Å². The van der Waals surface area contributed by atoms with Crippen molar-refractivity contribution in [2.75, 3.05) is 32.8 Å². The van der Waals surface area contributed by atoms with Gasteiger partial charge in [-0.1, -0.05) is 0 Å². The van der Waals surface area contributed by atoms with Crippen molar-refractivity contribution in [2.45, 2.75) is 18.9 Å². The van der Waals surface area contributed by atoms with Crippen molar-refractivity contribution in [1.82, 2.24) is 10.2 Å². The fourth-order valence-corrected chi connectivity index (χ4v) is 2.08. The first-order valence-electron chi connectivity index (χ1n) is 4.82. The lowest BCUT2D eigenvalue weighted by atomic mass is 10.0. The molecular formula is C9H17ClN2O2. The summed E-state index contributed by atoms with van der Waals surface area (Å²) in [6, 6.07) is 0. The van der Waals surface area contributed by atoms with E-state index in [0.29, 0.717) is 0 Å². The number of hydrogen-bond donors (Lipinski definition) is 1. The van der Waals surface area contributed by atoms with Gasteiger partial charge in [0.15, 0.2) is 0 Å². The number of halogens is 1. The van der Waals surface area contributed by atoms with Crippen LogP contribution in [0.1, 0.15) is 13.3 Å². The monoisotopic (exact) mass is 220 g/mol. The second-order valence-electron chi connectivity index (χ2n) is 3.90. The van der Waals surface area contributed by atoms with Crippen LogP contribution in [0.25, 0.3) is 0 Å². The predicted octanol–water partition coefficient (Wildman–Crippen LogP) is 0.0190. The summed E-state index contributed by atoms with van der Waals surface area (Å²) in [5.41, 5.74) is -0.0794. The quantitative estimate of drug-likeness (QED) is 0.626. The van der Waals surface area contributed by atoms with Gasteiger partial charge in [0.2, 0.25) is 5.91 Å². The molecule has 2 rings (SSSR count). The van der Waals surface area contributed by atoms with E-state index in [-0.39, 0.29) is 23.9 Å². The minimum atomic E-state index is -0.0794. The molecular weight excluding hydrogens is 204 g/mol. The summed E-state index contributed by atoms with van der Waals surface area (Å²) in [4.78, 5) is 13.0. The van der Waals surface area contributed by atoms with Gasteiger partial charge in [-0.05, 0) is 6.42 Å². The standard InChI is InChI=1S/C9H16N2O2.ClH/c1-8(12)11-4-2-9(7-11)6-10-3-5-13-9;/h10H,2-7H2,1H3;1H. The Bertz CT molecular complexity index is 217. The van der Waals surface area contributed by atoms with Crippen LogP contribution in [0.2, 0.25) is 0 Å². The minimum Gasteiger partial charge on any atom is -0.370 e. The van der Waals surface area contributed by atoms with Gasteiger partial charge < -0.3 is 15.0 Å². The van der Waals surface area contributed by atoms with E-state index in [1.807, 2.05) is 4.90 Å². The van der Waals surface area contributed by atoms with E-state index in [0.717, 1.165) is 39.2 Å². The molecule has 14 heavy (non-hydrogen) atoms. The Balaban J connectivity index is 0.000000980. The molecule has 0 aliphatic carbocycles. The number of nitrogens with zero attached hydrogens (tertiary/aromatic N) is 1. The summed E-state index contributed by atoms with van der Waals surface area (Å²) in [7, 11) is 0. The summed E-state index contributed by atoms with van der Waals surface area (Å²) in [5.74, 6) is 0.158. The van der Waals surface area contributed by atoms with Crippen LogP contribution in [-0.4, -0.2) is 49.2 Å². The lowest BCUT2D eigenvalue weighted by Crippen LogP contribution is -2.51. The topological polar surface area (TPSA) is 41.6 Å². The molecule has 82 valence electrons. The number of amides is 1. The Morgan fingerprint density at radius 2 is 2.36 bits per heavy atom. The average Bonchev–Trinajstić information content (AvgIpc) is 2.51. The van der Waals surface area contributed by atoms with Crippen molar-refractivity contribution in [3.63, 3.8) is 0 Å². The second-order valence-corrected chi connectivity index (χ2v) is 3.90. The molecule has 0 aromatic carbocycles. The number of ether oxygens (including phenoxy) is 1. The first kappa shape index (κ1) is 11.8. The van der Waals surface area contributed by atoms with Gasteiger partial charge in [-0.3, -0.25) is 4.79 Å². The van der Waals surface area contributed by atoms with Crippen LogP contribution in [0.5, 0.6) is 0 Å². The third-order valence-electron chi connectivity index (χ3n) is 2.90. The van der Waals surface area contributed by atoms with E-state index in [9.17, 15) is 4.79 Å².